The van der Waals surface area contributed by atoms with Gasteiger partial charge >= 0.3 is 0 Å². The van der Waals surface area contributed by atoms with Gasteiger partial charge in [-0.2, -0.15) is 0 Å². The fourth-order valence-corrected chi connectivity index (χ4v) is 2.14. The molecule has 1 amide bonds. The molecule has 5 N–H and O–H groups in total. The second kappa shape index (κ2) is 5.56. The van der Waals surface area contributed by atoms with E-state index >= 15 is 0 Å². The van der Waals surface area contributed by atoms with Gasteiger partial charge in [-0.05, 0) is 18.2 Å². The molecule has 0 aliphatic heterocycles. The number of carbonyl (C=O) groups excluding carboxylic acids is 1. The van der Waals surface area contributed by atoms with Crippen LogP contribution in [-0.4, -0.2) is 10.9 Å². The number of nitrogens with zero attached hydrogens (tertiary/aromatic N) is 1. The molecule has 2 aromatic rings. The standard InChI is InChI=1S/C11H12N4O2S/c12-7-1-2-10(14-5-7)18-6-9-8(3-4-17-9)11(16)15-13/h1-5H,6,12-13H2,(H,15,16). The highest BCUT2D eigenvalue weighted by Gasteiger charge is 2.13. The van der Waals surface area contributed by atoms with Gasteiger partial charge in [0.15, 0.2) is 0 Å². The number of hydrogen-bond donors (Lipinski definition) is 3. The van der Waals surface area contributed by atoms with E-state index < -0.39 is 0 Å². The molecule has 2 aromatic heterocycles. The van der Waals surface area contributed by atoms with Gasteiger partial charge in [0, 0.05) is 0 Å². The average Bonchev–Trinajstić information content (AvgIpc) is 2.85. The van der Waals surface area contributed by atoms with Gasteiger partial charge in [0.05, 0.1) is 34.5 Å². The summed E-state index contributed by atoms with van der Waals surface area (Å²) in [5.41, 5.74) is 8.66. The van der Waals surface area contributed by atoms with E-state index in [0.717, 1.165) is 5.03 Å². The lowest BCUT2D eigenvalue weighted by Gasteiger charge is -2.02. The van der Waals surface area contributed by atoms with Crippen molar-refractivity contribution >= 4 is 23.4 Å². The van der Waals surface area contributed by atoms with Crippen LogP contribution in [0.4, 0.5) is 5.69 Å². The maximum Gasteiger partial charge on any atom is 0.268 e. The van der Waals surface area contributed by atoms with E-state index in [-0.39, 0.29) is 5.91 Å². The van der Waals surface area contributed by atoms with Crippen LogP contribution in [0.25, 0.3) is 0 Å². The first-order valence-corrected chi connectivity index (χ1v) is 6.11. The van der Waals surface area contributed by atoms with Crippen LogP contribution in [0.15, 0.2) is 40.1 Å². The Labute approximate surface area is 108 Å². The number of nitrogens with one attached hydrogen (secondary N) is 1. The normalized spacial score (nSPS) is 10.3. The van der Waals surface area contributed by atoms with Crippen molar-refractivity contribution in [3.63, 3.8) is 0 Å². The molecular formula is C11H12N4O2S. The molecule has 0 saturated heterocycles. The van der Waals surface area contributed by atoms with Crippen LogP contribution in [0.1, 0.15) is 16.1 Å². The minimum atomic E-state index is -0.371. The number of nitrogens with two attached hydrogens (primary N) is 2. The van der Waals surface area contributed by atoms with Crippen LogP contribution in [0, 0.1) is 0 Å². The minimum absolute atomic E-state index is 0.371. The smallest absolute Gasteiger partial charge is 0.268 e. The Balaban J connectivity index is 2.04. The Hall–Kier alpha value is -1.99. The molecule has 0 aliphatic carbocycles. The largest absolute Gasteiger partial charge is 0.468 e. The maximum absolute atomic E-state index is 11.4. The van der Waals surface area contributed by atoms with Crippen LogP contribution in [-0.2, 0) is 5.75 Å². The Morgan fingerprint density at radius 1 is 1.44 bits per heavy atom. The van der Waals surface area contributed by atoms with Crippen molar-refractivity contribution in [2.45, 2.75) is 10.8 Å². The van der Waals surface area contributed by atoms with Crippen molar-refractivity contribution in [3.05, 3.63) is 42.0 Å². The van der Waals surface area contributed by atoms with Gasteiger partial charge in [-0.1, -0.05) is 11.8 Å². The van der Waals surface area contributed by atoms with Crippen molar-refractivity contribution in [2.75, 3.05) is 5.73 Å². The molecule has 0 spiro atoms. The van der Waals surface area contributed by atoms with Crippen LogP contribution in [0.5, 0.6) is 0 Å². The van der Waals surface area contributed by atoms with Crippen molar-refractivity contribution < 1.29 is 9.21 Å². The second-order valence-corrected chi connectivity index (χ2v) is 4.44. The summed E-state index contributed by atoms with van der Waals surface area (Å²) in [6, 6.07) is 5.16. The third-order valence-electron chi connectivity index (χ3n) is 2.23. The minimum Gasteiger partial charge on any atom is -0.468 e. The van der Waals surface area contributed by atoms with E-state index in [9.17, 15) is 4.79 Å². The molecule has 2 rings (SSSR count). The zero-order valence-electron chi connectivity index (χ0n) is 9.42. The van der Waals surface area contributed by atoms with Gasteiger partial charge < -0.3 is 10.2 Å². The predicted octanol–water partition coefficient (Wildman–Crippen LogP) is 1.15. The molecule has 0 atom stereocenters. The number of hydrazine groups is 1. The number of thioether (sulfide) groups is 1. The van der Waals surface area contributed by atoms with Gasteiger partial charge in [-0.15, -0.1) is 0 Å². The van der Waals surface area contributed by atoms with Crippen molar-refractivity contribution in [1.82, 2.24) is 10.4 Å². The molecule has 0 unspecified atom stereocenters. The van der Waals surface area contributed by atoms with Gasteiger partial charge in [-0.3, -0.25) is 10.2 Å². The van der Waals surface area contributed by atoms with Gasteiger partial charge in [0.2, 0.25) is 0 Å². The molecule has 0 aliphatic rings. The number of aromatic nitrogens is 1. The van der Waals surface area contributed by atoms with E-state index in [1.165, 1.54) is 18.0 Å². The summed E-state index contributed by atoms with van der Waals surface area (Å²) in [6.45, 7) is 0. The fraction of sp³-hybridized carbons (Fsp3) is 0.0909. The number of anilines is 1. The number of carbonyl (C=O) groups is 1. The average molecular weight is 264 g/mol. The highest BCUT2D eigenvalue weighted by Crippen LogP contribution is 2.23. The number of amides is 1. The predicted molar refractivity (Wildman–Crippen MR) is 68.6 cm³/mol. The molecule has 0 aromatic carbocycles. The van der Waals surface area contributed by atoms with Crippen LogP contribution in [0.2, 0.25) is 0 Å². The van der Waals surface area contributed by atoms with Gasteiger partial charge in [-0.25, -0.2) is 10.8 Å². The zero-order valence-corrected chi connectivity index (χ0v) is 10.2. The monoisotopic (exact) mass is 264 g/mol. The fourth-order valence-electron chi connectivity index (χ4n) is 1.35. The highest BCUT2D eigenvalue weighted by atomic mass is 32.2. The van der Waals surface area contributed by atoms with E-state index in [0.29, 0.717) is 22.8 Å². The Kier molecular flexibility index (Phi) is 3.85. The van der Waals surface area contributed by atoms with E-state index in [1.54, 1.807) is 18.3 Å². The Morgan fingerprint density at radius 2 is 2.28 bits per heavy atom. The summed E-state index contributed by atoms with van der Waals surface area (Å²) in [5, 5.41) is 0.805. The molecule has 7 heteroatoms. The van der Waals surface area contributed by atoms with Crippen molar-refractivity contribution in [1.29, 1.82) is 0 Å². The molecule has 94 valence electrons. The molecule has 18 heavy (non-hydrogen) atoms. The van der Waals surface area contributed by atoms with E-state index in [4.69, 9.17) is 16.0 Å². The second-order valence-electron chi connectivity index (χ2n) is 3.45. The molecule has 2 heterocycles. The lowest BCUT2D eigenvalue weighted by atomic mass is 10.2. The maximum atomic E-state index is 11.4. The molecule has 0 saturated carbocycles. The summed E-state index contributed by atoms with van der Waals surface area (Å²) < 4.78 is 5.24. The zero-order chi connectivity index (χ0) is 13.0. The first-order chi connectivity index (χ1) is 8.70. The topological polar surface area (TPSA) is 107 Å². The molecule has 0 radical (unpaired) electrons. The van der Waals surface area contributed by atoms with E-state index in [2.05, 4.69) is 10.4 Å². The number of hydrogen-bond acceptors (Lipinski definition) is 6. The summed E-state index contributed by atoms with van der Waals surface area (Å²) in [5.74, 6) is 5.76. The van der Waals surface area contributed by atoms with Gasteiger partial charge in [0.1, 0.15) is 5.76 Å². The van der Waals surface area contributed by atoms with Crippen LogP contribution >= 0.6 is 11.8 Å². The molecule has 6 nitrogen and oxygen atoms in total. The number of nitrogen functional groups attached to an aromatic ring is 2. The molecule has 0 fully saturated rings. The highest BCUT2D eigenvalue weighted by molar-refractivity contribution is 7.98. The van der Waals surface area contributed by atoms with Crippen LogP contribution < -0.4 is 17.0 Å². The van der Waals surface area contributed by atoms with Crippen molar-refractivity contribution in [3.8, 4) is 0 Å². The molecular weight excluding hydrogens is 252 g/mol. The molecule has 0 bridgehead atoms. The Morgan fingerprint density at radius 3 is 2.94 bits per heavy atom. The summed E-state index contributed by atoms with van der Waals surface area (Å²) in [7, 11) is 0. The number of furan rings is 1. The van der Waals surface area contributed by atoms with E-state index in [1.807, 2.05) is 6.07 Å². The third-order valence-corrected chi connectivity index (χ3v) is 3.18. The SMILES string of the molecule is NNC(=O)c1ccoc1CSc1ccc(N)cn1. The summed E-state index contributed by atoms with van der Waals surface area (Å²) in [4.78, 5) is 15.6. The number of rotatable bonds is 4. The first kappa shape index (κ1) is 12.5. The third kappa shape index (κ3) is 2.82. The lowest BCUT2D eigenvalue weighted by molar-refractivity contribution is 0.0952. The first-order valence-electron chi connectivity index (χ1n) is 5.12. The van der Waals surface area contributed by atoms with Crippen LogP contribution in [0.3, 0.4) is 0 Å². The summed E-state index contributed by atoms with van der Waals surface area (Å²) in [6.07, 6.45) is 3.04. The lowest BCUT2D eigenvalue weighted by Crippen LogP contribution is -2.30. The summed E-state index contributed by atoms with van der Waals surface area (Å²) >= 11 is 1.45. The quantitative estimate of drug-likeness (QED) is 0.331. The van der Waals surface area contributed by atoms with Gasteiger partial charge in [0.25, 0.3) is 5.91 Å². The number of pyridine rings is 1. The van der Waals surface area contributed by atoms with Crippen molar-refractivity contribution in [2.24, 2.45) is 5.84 Å². The Bertz CT molecular complexity index is 538.